The van der Waals surface area contributed by atoms with Crippen molar-refractivity contribution in [3.05, 3.63) is 58.3 Å². The second-order valence-electron chi connectivity index (χ2n) is 8.81. The third-order valence-electron chi connectivity index (χ3n) is 5.67. The Morgan fingerprint density at radius 1 is 1.13 bits per heavy atom. The van der Waals surface area contributed by atoms with Crippen molar-refractivity contribution in [3.63, 3.8) is 0 Å². The zero-order chi connectivity index (χ0) is 21.3. The number of hydrogen-bond donors (Lipinski definition) is 0. The van der Waals surface area contributed by atoms with Crippen LogP contribution >= 0.6 is 0 Å². The summed E-state index contributed by atoms with van der Waals surface area (Å²) in [7, 11) is 1.65. The molecule has 158 valence electrons. The van der Waals surface area contributed by atoms with E-state index in [1.54, 1.807) is 11.7 Å². The summed E-state index contributed by atoms with van der Waals surface area (Å²) in [6.07, 6.45) is 1.93. The first-order valence-corrected chi connectivity index (χ1v) is 10.5. The van der Waals surface area contributed by atoms with Crippen molar-refractivity contribution < 1.29 is 4.74 Å². The molecular weight excluding hydrogens is 378 g/mol. The van der Waals surface area contributed by atoms with Gasteiger partial charge in [-0.05, 0) is 37.1 Å². The largest absolute Gasteiger partial charge is 0.383 e. The van der Waals surface area contributed by atoms with Crippen molar-refractivity contribution in [1.29, 1.82) is 0 Å². The van der Waals surface area contributed by atoms with Gasteiger partial charge in [-0.2, -0.15) is 5.10 Å². The van der Waals surface area contributed by atoms with Crippen LogP contribution in [0.1, 0.15) is 51.2 Å². The van der Waals surface area contributed by atoms with Gasteiger partial charge in [-0.3, -0.25) is 9.36 Å². The standard InChI is InChI=1S/C23H29N5O2/c1-23(2,3)19-11-12-20(26-25-19)27-13-7-10-18(27)21-24-17-9-6-5-8-16(17)22(29)28(21)14-15-30-4/h5-6,8-9,11-12,18H,7,10,13-15H2,1-4H3. The van der Waals surface area contributed by atoms with E-state index in [1.807, 2.05) is 36.4 Å². The number of rotatable bonds is 5. The monoisotopic (exact) mass is 407 g/mol. The number of benzene rings is 1. The number of para-hydroxylation sites is 1. The summed E-state index contributed by atoms with van der Waals surface area (Å²) < 4.78 is 7.03. The number of anilines is 1. The highest BCUT2D eigenvalue weighted by Gasteiger charge is 2.32. The smallest absolute Gasteiger partial charge is 0.261 e. The van der Waals surface area contributed by atoms with E-state index in [2.05, 4.69) is 35.9 Å². The fourth-order valence-corrected chi connectivity index (χ4v) is 4.03. The van der Waals surface area contributed by atoms with Gasteiger partial charge >= 0.3 is 0 Å². The van der Waals surface area contributed by atoms with Gasteiger partial charge in [0.05, 0.1) is 35.8 Å². The predicted octanol–water partition coefficient (Wildman–Crippen LogP) is 3.47. The highest BCUT2D eigenvalue weighted by molar-refractivity contribution is 5.77. The molecule has 1 unspecified atom stereocenters. The van der Waals surface area contributed by atoms with Gasteiger partial charge in [-0.1, -0.05) is 32.9 Å². The van der Waals surface area contributed by atoms with E-state index in [-0.39, 0.29) is 17.0 Å². The Hall–Kier alpha value is -2.80. The predicted molar refractivity (Wildman–Crippen MR) is 118 cm³/mol. The first-order valence-electron chi connectivity index (χ1n) is 10.5. The molecule has 4 rings (SSSR count). The summed E-state index contributed by atoms with van der Waals surface area (Å²) in [5, 5.41) is 9.61. The van der Waals surface area contributed by atoms with Gasteiger partial charge < -0.3 is 9.64 Å². The van der Waals surface area contributed by atoms with E-state index in [9.17, 15) is 4.79 Å². The number of nitrogens with zero attached hydrogens (tertiary/aromatic N) is 5. The number of aromatic nitrogens is 4. The van der Waals surface area contributed by atoms with Crippen molar-refractivity contribution in [2.45, 2.75) is 51.6 Å². The molecule has 1 fully saturated rings. The molecule has 7 nitrogen and oxygen atoms in total. The molecule has 7 heteroatoms. The fraction of sp³-hybridized carbons (Fsp3) is 0.478. The van der Waals surface area contributed by atoms with Gasteiger partial charge in [-0.25, -0.2) is 4.98 Å². The van der Waals surface area contributed by atoms with Crippen LogP contribution < -0.4 is 10.5 Å². The third kappa shape index (κ3) is 3.81. The summed E-state index contributed by atoms with van der Waals surface area (Å²) >= 11 is 0. The van der Waals surface area contributed by atoms with Gasteiger partial charge in [0.15, 0.2) is 5.82 Å². The van der Waals surface area contributed by atoms with Gasteiger partial charge in [0, 0.05) is 19.1 Å². The van der Waals surface area contributed by atoms with Crippen LogP contribution in [0.5, 0.6) is 0 Å². The third-order valence-corrected chi connectivity index (χ3v) is 5.67. The van der Waals surface area contributed by atoms with Crippen LogP contribution in [0.4, 0.5) is 5.82 Å². The van der Waals surface area contributed by atoms with Crippen LogP contribution in [-0.4, -0.2) is 40.0 Å². The Bertz CT molecular complexity index is 1090. The summed E-state index contributed by atoms with van der Waals surface area (Å²) in [6.45, 7) is 8.18. The Morgan fingerprint density at radius 2 is 1.93 bits per heavy atom. The molecular formula is C23H29N5O2. The average Bonchev–Trinajstić information content (AvgIpc) is 3.22. The minimum Gasteiger partial charge on any atom is -0.383 e. The summed E-state index contributed by atoms with van der Waals surface area (Å²) in [5.41, 5.74) is 1.62. The second-order valence-corrected chi connectivity index (χ2v) is 8.81. The number of methoxy groups -OCH3 is 1. The lowest BCUT2D eigenvalue weighted by molar-refractivity contribution is 0.184. The molecule has 0 aliphatic carbocycles. The molecule has 1 aromatic carbocycles. The Labute approximate surface area is 176 Å². The van der Waals surface area contributed by atoms with Crippen LogP contribution in [0.3, 0.4) is 0 Å². The maximum absolute atomic E-state index is 13.2. The molecule has 1 saturated heterocycles. The molecule has 0 radical (unpaired) electrons. The van der Waals surface area contributed by atoms with E-state index in [0.29, 0.717) is 18.5 Å². The molecule has 1 aliphatic heterocycles. The molecule has 1 aliphatic rings. The quantitative estimate of drug-likeness (QED) is 0.645. The zero-order valence-corrected chi connectivity index (χ0v) is 18.1. The highest BCUT2D eigenvalue weighted by atomic mass is 16.5. The topological polar surface area (TPSA) is 73.1 Å². The van der Waals surface area contributed by atoms with Crippen LogP contribution in [0.15, 0.2) is 41.2 Å². The van der Waals surface area contributed by atoms with Gasteiger partial charge in [0.25, 0.3) is 5.56 Å². The van der Waals surface area contributed by atoms with Crippen molar-refractivity contribution >= 4 is 16.7 Å². The highest BCUT2D eigenvalue weighted by Crippen LogP contribution is 2.34. The summed E-state index contributed by atoms with van der Waals surface area (Å²) in [4.78, 5) is 20.4. The lowest BCUT2D eigenvalue weighted by Crippen LogP contribution is -2.33. The molecule has 1 atom stereocenters. The van der Waals surface area contributed by atoms with Crippen molar-refractivity contribution in [2.24, 2.45) is 0 Å². The van der Waals surface area contributed by atoms with E-state index in [4.69, 9.17) is 9.72 Å². The second kappa shape index (κ2) is 8.14. The minimum atomic E-state index is -0.0452. The minimum absolute atomic E-state index is 0.0195. The maximum atomic E-state index is 13.2. The Kier molecular flexibility index (Phi) is 5.56. The molecule has 0 saturated carbocycles. The first-order chi connectivity index (χ1) is 14.4. The molecule has 2 aromatic heterocycles. The van der Waals surface area contributed by atoms with Crippen molar-refractivity contribution in [3.8, 4) is 0 Å². The van der Waals surface area contributed by atoms with Crippen LogP contribution in [0.25, 0.3) is 10.9 Å². The number of hydrogen-bond acceptors (Lipinski definition) is 6. The molecule has 0 bridgehead atoms. The fourth-order valence-electron chi connectivity index (χ4n) is 4.03. The van der Waals surface area contributed by atoms with Crippen LogP contribution in [0, 0.1) is 0 Å². The first kappa shape index (κ1) is 20.5. The molecule has 0 amide bonds. The van der Waals surface area contributed by atoms with Crippen molar-refractivity contribution in [2.75, 3.05) is 25.2 Å². The lowest BCUT2D eigenvalue weighted by atomic mass is 9.92. The number of ether oxygens (including phenoxy) is 1. The molecule has 0 N–H and O–H groups in total. The van der Waals surface area contributed by atoms with Crippen LogP contribution in [0.2, 0.25) is 0 Å². The molecule has 3 heterocycles. The number of fused-ring (bicyclic) bond motifs is 1. The van der Waals surface area contributed by atoms with Gasteiger partial charge in [0.1, 0.15) is 5.82 Å². The van der Waals surface area contributed by atoms with Gasteiger partial charge in [-0.15, -0.1) is 5.10 Å². The van der Waals surface area contributed by atoms with E-state index in [0.717, 1.165) is 42.2 Å². The van der Waals surface area contributed by atoms with Crippen molar-refractivity contribution in [1.82, 2.24) is 19.7 Å². The zero-order valence-electron chi connectivity index (χ0n) is 18.1. The van der Waals surface area contributed by atoms with Crippen LogP contribution in [-0.2, 0) is 16.7 Å². The normalized spacial score (nSPS) is 17.1. The van der Waals surface area contributed by atoms with E-state index < -0.39 is 0 Å². The lowest BCUT2D eigenvalue weighted by Gasteiger charge is -2.27. The van der Waals surface area contributed by atoms with E-state index in [1.165, 1.54) is 0 Å². The maximum Gasteiger partial charge on any atom is 0.261 e. The summed E-state index contributed by atoms with van der Waals surface area (Å²) in [6, 6.07) is 11.6. The van der Waals surface area contributed by atoms with E-state index >= 15 is 0 Å². The molecule has 0 spiro atoms. The average molecular weight is 408 g/mol. The molecule has 30 heavy (non-hydrogen) atoms. The van der Waals surface area contributed by atoms with Gasteiger partial charge in [0.2, 0.25) is 0 Å². The Balaban J connectivity index is 1.77. The molecule has 3 aromatic rings. The summed E-state index contributed by atoms with van der Waals surface area (Å²) in [5.74, 6) is 1.60. The SMILES string of the molecule is COCCn1c(C2CCCN2c2ccc(C(C)(C)C)nn2)nc2ccccc2c1=O. The Morgan fingerprint density at radius 3 is 2.63 bits per heavy atom.